The van der Waals surface area contributed by atoms with Crippen LogP contribution in [0.25, 0.3) is 22.5 Å². The first kappa shape index (κ1) is 19.7. The lowest BCUT2D eigenvalue weighted by molar-refractivity contribution is 0.0941. The highest BCUT2D eigenvalue weighted by molar-refractivity contribution is 5.95. The first-order chi connectivity index (χ1) is 15.6. The lowest BCUT2D eigenvalue weighted by Crippen LogP contribution is -2.31. The fourth-order valence-corrected chi connectivity index (χ4v) is 3.76. The second kappa shape index (κ2) is 8.11. The zero-order valence-corrected chi connectivity index (χ0v) is 17.7. The molecule has 3 aromatic carbocycles. The molecule has 0 spiro atoms. The highest BCUT2D eigenvalue weighted by Gasteiger charge is 2.23. The Morgan fingerprint density at radius 2 is 1.66 bits per heavy atom. The van der Waals surface area contributed by atoms with Gasteiger partial charge in [-0.3, -0.25) is 4.79 Å². The second-order valence-electron chi connectivity index (χ2n) is 7.56. The molecule has 158 valence electrons. The Labute approximate surface area is 184 Å². The van der Waals surface area contributed by atoms with Crippen LogP contribution in [-0.2, 0) is 7.05 Å². The molecule has 0 saturated heterocycles. The van der Waals surface area contributed by atoms with E-state index in [1.54, 1.807) is 31.2 Å². The average Bonchev–Trinajstić information content (AvgIpc) is 3.41. The maximum Gasteiger partial charge on any atom is 0.257 e. The van der Waals surface area contributed by atoms with E-state index >= 15 is 0 Å². The lowest BCUT2D eigenvalue weighted by Gasteiger charge is -2.19. The van der Waals surface area contributed by atoms with E-state index in [2.05, 4.69) is 15.5 Å². The SMILES string of the molecule is Cc1noc(-c2ccc(C(=O)NC(c3ccccc3)c3nc4ccccc4n3C)cc2)n1. The second-order valence-corrected chi connectivity index (χ2v) is 7.56. The van der Waals surface area contributed by atoms with Crippen molar-refractivity contribution in [2.45, 2.75) is 13.0 Å². The predicted octanol–water partition coefficient (Wildman–Crippen LogP) is 4.45. The van der Waals surface area contributed by atoms with E-state index in [0.29, 0.717) is 17.3 Å². The number of carbonyl (C=O) groups is 1. The summed E-state index contributed by atoms with van der Waals surface area (Å²) in [5, 5.41) is 6.97. The number of nitrogens with one attached hydrogen (secondary N) is 1. The van der Waals surface area contributed by atoms with Gasteiger partial charge in [0.15, 0.2) is 5.82 Å². The fourth-order valence-electron chi connectivity index (χ4n) is 3.76. The van der Waals surface area contributed by atoms with Crippen LogP contribution in [0, 0.1) is 6.92 Å². The van der Waals surface area contributed by atoms with E-state index in [0.717, 1.165) is 28.0 Å². The number of imidazole rings is 1. The van der Waals surface area contributed by atoms with E-state index in [1.165, 1.54) is 0 Å². The zero-order valence-electron chi connectivity index (χ0n) is 17.7. The molecule has 7 nitrogen and oxygen atoms in total. The number of para-hydroxylation sites is 2. The third-order valence-corrected chi connectivity index (χ3v) is 5.41. The molecule has 1 unspecified atom stereocenters. The normalized spacial score (nSPS) is 12.1. The van der Waals surface area contributed by atoms with Crippen LogP contribution < -0.4 is 5.32 Å². The number of hydrogen-bond donors (Lipinski definition) is 1. The number of nitrogens with zero attached hydrogens (tertiary/aromatic N) is 4. The van der Waals surface area contributed by atoms with Gasteiger partial charge in [-0.05, 0) is 48.9 Å². The number of amides is 1. The van der Waals surface area contributed by atoms with Crippen molar-refractivity contribution in [1.82, 2.24) is 25.0 Å². The van der Waals surface area contributed by atoms with Crippen molar-refractivity contribution in [2.24, 2.45) is 7.05 Å². The number of benzene rings is 3. The van der Waals surface area contributed by atoms with Crippen molar-refractivity contribution < 1.29 is 9.32 Å². The molecule has 0 fully saturated rings. The van der Waals surface area contributed by atoms with Crippen molar-refractivity contribution in [1.29, 1.82) is 0 Å². The minimum absolute atomic E-state index is 0.195. The first-order valence-corrected chi connectivity index (χ1v) is 10.3. The molecule has 0 bridgehead atoms. The van der Waals surface area contributed by atoms with Crippen LogP contribution in [0.15, 0.2) is 83.4 Å². The van der Waals surface area contributed by atoms with Crippen LogP contribution in [0.5, 0.6) is 0 Å². The van der Waals surface area contributed by atoms with Crippen molar-refractivity contribution in [3.8, 4) is 11.5 Å². The molecule has 0 aliphatic heterocycles. The highest BCUT2D eigenvalue weighted by Crippen LogP contribution is 2.26. The molecule has 1 N–H and O–H groups in total. The van der Waals surface area contributed by atoms with Crippen molar-refractivity contribution in [3.63, 3.8) is 0 Å². The summed E-state index contributed by atoms with van der Waals surface area (Å²) in [6.07, 6.45) is 0. The van der Waals surface area contributed by atoms with Gasteiger partial charge >= 0.3 is 0 Å². The molecule has 5 aromatic rings. The molecule has 2 aromatic heterocycles. The Kier molecular flexibility index (Phi) is 4.99. The van der Waals surface area contributed by atoms with Crippen LogP contribution >= 0.6 is 0 Å². The average molecular weight is 423 g/mol. The van der Waals surface area contributed by atoms with Crippen LogP contribution in [0.2, 0.25) is 0 Å². The summed E-state index contributed by atoms with van der Waals surface area (Å²) in [7, 11) is 1.97. The summed E-state index contributed by atoms with van der Waals surface area (Å²) in [4.78, 5) is 22.2. The van der Waals surface area contributed by atoms with Gasteiger partial charge in [-0.15, -0.1) is 0 Å². The van der Waals surface area contributed by atoms with Gasteiger partial charge in [0.05, 0.1) is 11.0 Å². The Morgan fingerprint density at radius 3 is 2.34 bits per heavy atom. The molecule has 0 saturated carbocycles. The fraction of sp³-hybridized carbons (Fsp3) is 0.120. The molecule has 5 rings (SSSR count). The Hall–Kier alpha value is -4.26. The first-order valence-electron chi connectivity index (χ1n) is 10.3. The van der Waals surface area contributed by atoms with Gasteiger partial charge in [0, 0.05) is 18.2 Å². The molecular formula is C25H21N5O2. The number of rotatable bonds is 5. The minimum Gasteiger partial charge on any atom is -0.338 e. The predicted molar refractivity (Wildman–Crippen MR) is 121 cm³/mol. The van der Waals surface area contributed by atoms with E-state index < -0.39 is 6.04 Å². The third-order valence-electron chi connectivity index (χ3n) is 5.41. The number of fused-ring (bicyclic) bond motifs is 1. The van der Waals surface area contributed by atoms with Crippen LogP contribution in [0.3, 0.4) is 0 Å². The lowest BCUT2D eigenvalue weighted by atomic mass is 10.0. The van der Waals surface area contributed by atoms with Crippen molar-refractivity contribution in [2.75, 3.05) is 0 Å². The molecular weight excluding hydrogens is 402 g/mol. The summed E-state index contributed by atoms with van der Waals surface area (Å²) in [5.74, 6) is 1.56. The van der Waals surface area contributed by atoms with E-state index in [1.807, 2.05) is 66.2 Å². The smallest absolute Gasteiger partial charge is 0.257 e. The van der Waals surface area contributed by atoms with Gasteiger partial charge in [0.1, 0.15) is 11.9 Å². The molecule has 0 aliphatic rings. The minimum atomic E-state index is -0.403. The van der Waals surface area contributed by atoms with Crippen molar-refractivity contribution >= 4 is 16.9 Å². The van der Waals surface area contributed by atoms with E-state index in [4.69, 9.17) is 9.51 Å². The largest absolute Gasteiger partial charge is 0.338 e. The monoisotopic (exact) mass is 423 g/mol. The molecule has 1 atom stereocenters. The Morgan fingerprint density at radius 1 is 0.938 bits per heavy atom. The quantitative estimate of drug-likeness (QED) is 0.451. The zero-order chi connectivity index (χ0) is 22.1. The van der Waals surface area contributed by atoms with Gasteiger partial charge in [-0.1, -0.05) is 47.6 Å². The molecule has 0 radical (unpaired) electrons. The summed E-state index contributed by atoms with van der Waals surface area (Å²) in [6.45, 7) is 1.76. The third kappa shape index (κ3) is 3.65. The van der Waals surface area contributed by atoms with Crippen LogP contribution in [0.4, 0.5) is 0 Å². The van der Waals surface area contributed by atoms with Crippen LogP contribution in [0.1, 0.15) is 33.6 Å². The maximum absolute atomic E-state index is 13.2. The summed E-state index contributed by atoms with van der Waals surface area (Å²) >= 11 is 0. The van der Waals surface area contributed by atoms with E-state index in [9.17, 15) is 4.79 Å². The van der Waals surface area contributed by atoms with Crippen molar-refractivity contribution in [3.05, 3.63) is 102 Å². The van der Waals surface area contributed by atoms with Gasteiger partial charge < -0.3 is 14.4 Å². The summed E-state index contributed by atoms with van der Waals surface area (Å²) in [6, 6.07) is 24.5. The summed E-state index contributed by atoms with van der Waals surface area (Å²) < 4.78 is 7.22. The number of carbonyl (C=O) groups excluding carboxylic acids is 1. The van der Waals surface area contributed by atoms with E-state index in [-0.39, 0.29) is 5.91 Å². The van der Waals surface area contributed by atoms with Gasteiger partial charge in [0.25, 0.3) is 11.8 Å². The number of aryl methyl sites for hydroxylation is 2. The van der Waals surface area contributed by atoms with Gasteiger partial charge in [0.2, 0.25) is 0 Å². The molecule has 0 aliphatic carbocycles. The Balaban J connectivity index is 1.47. The molecule has 2 heterocycles. The molecule has 7 heteroatoms. The maximum atomic E-state index is 13.2. The standard InChI is InChI=1S/C25H21N5O2/c1-16-26-25(32-29-16)19-14-12-18(13-15-19)24(31)28-22(17-8-4-3-5-9-17)23-27-20-10-6-7-11-21(20)30(23)2/h3-15,22H,1-2H3,(H,28,31). The highest BCUT2D eigenvalue weighted by atomic mass is 16.5. The summed E-state index contributed by atoms with van der Waals surface area (Å²) in [5.41, 5.74) is 4.15. The van der Waals surface area contributed by atoms with Gasteiger partial charge in [-0.2, -0.15) is 4.98 Å². The molecule has 32 heavy (non-hydrogen) atoms. The molecule has 1 amide bonds. The Bertz CT molecular complexity index is 1390. The van der Waals surface area contributed by atoms with Crippen LogP contribution in [-0.4, -0.2) is 25.6 Å². The topological polar surface area (TPSA) is 85.8 Å². The number of aromatic nitrogens is 4. The van der Waals surface area contributed by atoms with Gasteiger partial charge in [-0.25, -0.2) is 4.98 Å². The number of hydrogen-bond acceptors (Lipinski definition) is 5.